The first-order valence-electron chi connectivity index (χ1n) is 10.9. The minimum Gasteiger partial charge on any atom is -0.475 e. The van der Waals surface area contributed by atoms with E-state index in [0.717, 1.165) is 61.3 Å². The Kier molecular flexibility index (Phi) is 6.82. The minimum atomic E-state index is -5.08. The van der Waals surface area contributed by atoms with E-state index < -0.39 is 22.2 Å². The zero-order valence-electron chi connectivity index (χ0n) is 18.7. The van der Waals surface area contributed by atoms with Gasteiger partial charge in [0.2, 0.25) is 15.9 Å². The number of fused-ring (bicyclic) bond motifs is 1. The van der Waals surface area contributed by atoms with Gasteiger partial charge in [-0.15, -0.1) is 0 Å². The van der Waals surface area contributed by atoms with Crippen LogP contribution < -0.4 is 14.9 Å². The van der Waals surface area contributed by atoms with Crippen LogP contribution in [0.4, 0.5) is 24.5 Å². The zero-order valence-corrected chi connectivity index (χ0v) is 20.3. The number of rotatable bonds is 2. The summed E-state index contributed by atoms with van der Waals surface area (Å²) in [4.78, 5) is 27.7. The first kappa shape index (κ1) is 26.0. The molecule has 0 aliphatic carbocycles. The maximum absolute atomic E-state index is 12.3. The second-order valence-electron chi connectivity index (χ2n) is 8.83. The fourth-order valence-corrected chi connectivity index (χ4v) is 6.23. The van der Waals surface area contributed by atoms with Gasteiger partial charge in [-0.25, -0.2) is 13.2 Å². The van der Waals surface area contributed by atoms with Gasteiger partial charge in [0.15, 0.2) is 0 Å². The molecule has 0 unspecified atom stereocenters. The summed E-state index contributed by atoms with van der Waals surface area (Å²) < 4.78 is 58.0. The SMILES string of the molecule is O=C(O)C(F)(F)F.O=C1NCCC12CCN(c1c(Cl)cncc1-c1ccc3c(c1)CS(=O)(=O)N3)CC2. The van der Waals surface area contributed by atoms with E-state index >= 15 is 0 Å². The molecular weight excluding hydrogens is 525 g/mol. The van der Waals surface area contributed by atoms with E-state index in [2.05, 4.69) is 19.9 Å². The van der Waals surface area contributed by atoms with Crippen molar-refractivity contribution in [1.29, 1.82) is 0 Å². The molecule has 3 aliphatic rings. The summed E-state index contributed by atoms with van der Waals surface area (Å²) >= 11 is 6.56. The molecule has 2 saturated heterocycles. The van der Waals surface area contributed by atoms with Crippen molar-refractivity contribution in [3.8, 4) is 11.1 Å². The van der Waals surface area contributed by atoms with Gasteiger partial charge in [-0.1, -0.05) is 17.7 Å². The molecule has 1 amide bonds. The van der Waals surface area contributed by atoms with Crippen molar-refractivity contribution in [3.05, 3.63) is 41.2 Å². The molecule has 9 nitrogen and oxygen atoms in total. The molecule has 3 aliphatic heterocycles. The molecule has 0 atom stereocenters. The van der Waals surface area contributed by atoms with Gasteiger partial charge in [0.1, 0.15) is 0 Å². The molecule has 2 fully saturated rings. The Balaban J connectivity index is 0.000000384. The van der Waals surface area contributed by atoms with Crippen molar-refractivity contribution in [3.63, 3.8) is 0 Å². The van der Waals surface area contributed by atoms with Gasteiger partial charge < -0.3 is 15.3 Å². The van der Waals surface area contributed by atoms with Crippen LogP contribution in [0.25, 0.3) is 11.1 Å². The van der Waals surface area contributed by atoms with Crippen molar-refractivity contribution in [2.45, 2.75) is 31.2 Å². The van der Waals surface area contributed by atoms with Crippen LogP contribution >= 0.6 is 11.6 Å². The molecule has 2 aromatic rings. The first-order chi connectivity index (χ1) is 16.8. The maximum atomic E-state index is 12.3. The topological polar surface area (TPSA) is 129 Å². The normalized spacial score (nSPS) is 19.7. The number of pyridine rings is 1. The van der Waals surface area contributed by atoms with Crippen LogP contribution in [0, 0.1) is 5.41 Å². The Labute approximate surface area is 209 Å². The van der Waals surface area contributed by atoms with Crippen molar-refractivity contribution < 1.29 is 36.3 Å². The van der Waals surface area contributed by atoms with Gasteiger partial charge in [0, 0.05) is 37.6 Å². The van der Waals surface area contributed by atoms with Crippen LogP contribution in [0.5, 0.6) is 0 Å². The highest BCUT2D eigenvalue weighted by atomic mass is 35.5. The number of aromatic nitrogens is 1. The van der Waals surface area contributed by atoms with Crippen molar-refractivity contribution in [1.82, 2.24) is 10.3 Å². The van der Waals surface area contributed by atoms with E-state index in [0.29, 0.717) is 10.7 Å². The summed E-state index contributed by atoms with van der Waals surface area (Å²) in [5.41, 5.74) is 3.77. The quantitative estimate of drug-likeness (QED) is 0.526. The Morgan fingerprint density at radius 2 is 1.83 bits per heavy atom. The molecule has 36 heavy (non-hydrogen) atoms. The second-order valence-corrected chi connectivity index (χ2v) is 11.0. The van der Waals surface area contributed by atoms with Crippen LogP contribution in [0.15, 0.2) is 30.6 Å². The van der Waals surface area contributed by atoms with E-state index in [-0.39, 0.29) is 17.1 Å². The van der Waals surface area contributed by atoms with Gasteiger partial charge in [-0.05, 0) is 42.5 Å². The van der Waals surface area contributed by atoms with Crippen molar-refractivity contribution in [2.24, 2.45) is 5.41 Å². The van der Waals surface area contributed by atoms with Gasteiger partial charge in [0.05, 0.1) is 27.6 Å². The molecule has 1 aromatic heterocycles. The maximum Gasteiger partial charge on any atom is 0.490 e. The number of piperidine rings is 1. The Bertz CT molecular complexity index is 1310. The average Bonchev–Trinajstić information content (AvgIpc) is 3.31. The first-order valence-corrected chi connectivity index (χ1v) is 12.9. The number of carboxylic acids is 1. The molecule has 3 N–H and O–H groups in total. The number of nitrogens with one attached hydrogen (secondary N) is 2. The third-order valence-corrected chi connectivity index (χ3v) is 8.05. The smallest absolute Gasteiger partial charge is 0.475 e. The molecule has 1 aromatic carbocycles. The number of aliphatic carboxylic acids is 1. The summed E-state index contributed by atoms with van der Waals surface area (Å²) in [6.07, 6.45) is 0.800. The fraction of sp³-hybridized carbons (Fsp3) is 0.409. The number of carboxylic acid groups (broad SMARTS) is 1. The van der Waals surface area contributed by atoms with Gasteiger partial charge >= 0.3 is 12.1 Å². The lowest BCUT2D eigenvalue weighted by molar-refractivity contribution is -0.192. The number of carbonyl (C=O) groups is 2. The van der Waals surface area contributed by atoms with Crippen LogP contribution in [0.2, 0.25) is 5.02 Å². The molecule has 1 spiro atoms. The summed E-state index contributed by atoms with van der Waals surface area (Å²) in [6, 6.07) is 5.56. The predicted molar refractivity (Wildman–Crippen MR) is 126 cm³/mol. The van der Waals surface area contributed by atoms with Gasteiger partial charge in [0.25, 0.3) is 0 Å². The van der Waals surface area contributed by atoms with Crippen LogP contribution in [0.3, 0.4) is 0 Å². The number of amides is 1. The highest BCUT2D eigenvalue weighted by molar-refractivity contribution is 7.92. The number of nitrogens with zero attached hydrogens (tertiary/aromatic N) is 2. The second kappa shape index (κ2) is 9.43. The molecule has 0 saturated carbocycles. The molecule has 14 heteroatoms. The average molecular weight is 547 g/mol. The monoisotopic (exact) mass is 546 g/mol. The third kappa shape index (κ3) is 5.21. The summed E-state index contributed by atoms with van der Waals surface area (Å²) in [5.74, 6) is -2.61. The van der Waals surface area contributed by atoms with E-state index in [1.165, 1.54) is 0 Å². The minimum absolute atomic E-state index is 0.0269. The standard InChI is InChI=1S/C20H21ClN4O3S.C2HF3O2/c21-16-11-22-10-15(13-1-2-17-14(9-13)12-29(27,28)24-17)18(16)25-7-4-20(5-8-25)3-6-23-19(20)26;3-2(4,5)1(6)7/h1-2,9-11,24H,3-8,12H2,(H,23,26);(H,6,7). The fourth-order valence-electron chi connectivity index (χ4n) is 4.70. The number of hydrogen-bond donors (Lipinski definition) is 3. The summed E-state index contributed by atoms with van der Waals surface area (Å²) in [6.45, 7) is 2.24. The molecule has 5 rings (SSSR count). The molecular formula is C22H22ClF3N4O5S. The highest BCUT2D eigenvalue weighted by Crippen LogP contribution is 2.44. The molecule has 194 valence electrons. The van der Waals surface area contributed by atoms with Gasteiger partial charge in [-0.2, -0.15) is 13.2 Å². The third-order valence-electron chi connectivity index (χ3n) is 6.55. The highest BCUT2D eigenvalue weighted by Gasteiger charge is 2.44. The van der Waals surface area contributed by atoms with Gasteiger partial charge in [-0.3, -0.25) is 14.5 Å². The zero-order chi connectivity index (χ0) is 26.3. The van der Waals surface area contributed by atoms with E-state index in [1.807, 2.05) is 12.1 Å². The van der Waals surface area contributed by atoms with E-state index in [4.69, 9.17) is 21.5 Å². The number of sulfonamides is 1. The number of carbonyl (C=O) groups excluding carboxylic acids is 1. The Hall–Kier alpha value is -3.06. The number of halogens is 4. The molecule has 4 heterocycles. The lowest BCUT2D eigenvalue weighted by atomic mass is 9.77. The molecule has 0 bridgehead atoms. The van der Waals surface area contributed by atoms with Crippen LogP contribution in [-0.4, -0.2) is 56.2 Å². The lowest BCUT2D eigenvalue weighted by Gasteiger charge is -2.39. The van der Waals surface area contributed by atoms with E-state index in [9.17, 15) is 26.4 Å². The number of anilines is 2. The predicted octanol–water partition coefficient (Wildman–Crippen LogP) is 3.40. The van der Waals surface area contributed by atoms with Crippen LogP contribution in [0.1, 0.15) is 24.8 Å². The summed E-state index contributed by atoms with van der Waals surface area (Å²) in [7, 11) is -3.30. The van der Waals surface area contributed by atoms with Crippen molar-refractivity contribution >= 4 is 44.9 Å². The van der Waals surface area contributed by atoms with Crippen LogP contribution in [-0.2, 0) is 25.4 Å². The number of alkyl halides is 3. The van der Waals surface area contributed by atoms with Crippen molar-refractivity contribution in [2.75, 3.05) is 29.3 Å². The summed E-state index contributed by atoms with van der Waals surface area (Å²) in [5, 5.41) is 10.6. The Morgan fingerprint density at radius 3 is 2.42 bits per heavy atom. The molecule has 0 radical (unpaired) electrons. The van der Waals surface area contributed by atoms with E-state index in [1.54, 1.807) is 18.5 Å². The number of hydrogen-bond acceptors (Lipinski definition) is 6. The lowest BCUT2D eigenvalue weighted by Crippen LogP contribution is -2.44. The number of benzene rings is 1. The largest absolute Gasteiger partial charge is 0.490 e. The Morgan fingerprint density at radius 1 is 1.17 bits per heavy atom.